The molecule has 0 spiro atoms. The Balaban J connectivity index is 0.000000257. The minimum absolute atomic E-state index is 0.0905. The molecule has 0 atom stereocenters. The molecule has 2 aromatic heterocycles. The number of carbonyl (C=O) groups excluding carboxylic acids is 2. The van der Waals surface area contributed by atoms with Gasteiger partial charge in [0.25, 0.3) is 5.91 Å². The summed E-state index contributed by atoms with van der Waals surface area (Å²) in [5, 5.41) is 1.97. The van der Waals surface area contributed by atoms with Crippen LogP contribution in [0, 0.1) is 23.3 Å². The summed E-state index contributed by atoms with van der Waals surface area (Å²) in [5.74, 6) is -5.14. The van der Waals surface area contributed by atoms with Gasteiger partial charge in [0.2, 0.25) is 5.78 Å². The fraction of sp³-hybridized carbons (Fsp3) is 0.214. The van der Waals surface area contributed by atoms with Crippen molar-refractivity contribution >= 4 is 46.8 Å². The number of nitrogens with zero attached hydrogens (tertiary/aromatic N) is 5. The van der Waals surface area contributed by atoms with Crippen molar-refractivity contribution in [2.45, 2.75) is 10.3 Å². The predicted molar refractivity (Wildman–Crippen MR) is 165 cm³/mol. The number of nitrogen functional groups attached to an aromatic ring is 2. The number of thioether (sulfide) groups is 2. The number of ketones is 1. The molecule has 18 heteroatoms. The molecule has 0 bridgehead atoms. The number of ether oxygens (including phenoxy) is 2. The summed E-state index contributed by atoms with van der Waals surface area (Å²) in [7, 11) is 5.53. The molecule has 0 aliphatic carbocycles. The first-order valence-corrected chi connectivity index (χ1v) is 15.0. The summed E-state index contributed by atoms with van der Waals surface area (Å²) >= 11 is 2.60. The van der Waals surface area contributed by atoms with Gasteiger partial charge in [-0.1, -0.05) is 23.5 Å². The van der Waals surface area contributed by atoms with Gasteiger partial charge in [0.15, 0.2) is 33.6 Å². The SMILES string of the molecule is CON(C)C(=O)c1cnc(SC)nc1N.COc1ccc(F)c(F)c1.COc1ccc(F)c(F)c1C(=O)c1cnc(SC)nc1N. The smallest absolute Gasteiger partial charge is 0.282 e. The van der Waals surface area contributed by atoms with Crippen LogP contribution in [0.5, 0.6) is 11.5 Å². The number of aromatic nitrogens is 4. The van der Waals surface area contributed by atoms with Gasteiger partial charge in [-0.05, 0) is 36.8 Å². The molecule has 0 aliphatic heterocycles. The lowest BCUT2D eigenvalue weighted by atomic mass is 10.0. The molecular formula is C28H29F4N7O5S2. The van der Waals surface area contributed by atoms with Gasteiger partial charge in [-0.2, -0.15) is 0 Å². The minimum Gasteiger partial charge on any atom is -0.497 e. The van der Waals surface area contributed by atoms with Gasteiger partial charge in [-0.15, -0.1) is 0 Å². The van der Waals surface area contributed by atoms with Crippen LogP contribution in [0.2, 0.25) is 0 Å². The number of carbonyl (C=O) groups is 2. The van der Waals surface area contributed by atoms with E-state index in [1.165, 1.54) is 76.4 Å². The number of halogens is 4. The number of hydrogen-bond donors (Lipinski definition) is 2. The first kappa shape index (κ1) is 37.5. The Bertz CT molecular complexity index is 1690. The van der Waals surface area contributed by atoms with E-state index in [-0.39, 0.29) is 34.4 Å². The average molecular weight is 684 g/mol. The zero-order valence-electron chi connectivity index (χ0n) is 25.3. The van der Waals surface area contributed by atoms with Crippen molar-refractivity contribution in [2.24, 2.45) is 0 Å². The van der Waals surface area contributed by atoms with E-state index in [1.54, 1.807) is 6.26 Å². The summed E-state index contributed by atoms with van der Waals surface area (Å²) in [5.41, 5.74) is 10.9. The molecule has 0 fully saturated rings. The van der Waals surface area contributed by atoms with Crippen molar-refractivity contribution in [3.8, 4) is 11.5 Å². The van der Waals surface area contributed by atoms with Crippen molar-refractivity contribution in [3.63, 3.8) is 0 Å². The van der Waals surface area contributed by atoms with E-state index in [2.05, 4.69) is 24.7 Å². The second-order valence-corrected chi connectivity index (χ2v) is 9.89. The van der Waals surface area contributed by atoms with E-state index < -0.39 is 34.6 Å². The largest absolute Gasteiger partial charge is 0.497 e. The van der Waals surface area contributed by atoms with E-state index in [9.17, 15) is 27.2 Å². The molecule has 4 aromatic rings. The van der Waals surface area contributed by atoms with E-state index >= 15 is 0 Å². The topological polar surface area (TPSA) is 169 Å². The second-order valence-electron chi connectivity index (χ2n) is 8.34. The van der Waals surface area contributed by atoms with Crippen molar-refractivity contribution in [1.29, 1.82) is 0 Å². The maximum absolute atomic E-state index is 13.9. The third kappa shape index (κ3) is 9.66. The van der Waals surface area contributed by atoms with Gasteiger partial charge in [0.1, 0.15) is 34.3 Å². The standard InChI is InChI=1S/C13H11F2N3O2S.C8H12N4O2S.C7H6F2O/c1-20-8-4-3-7(14)10(15)9(8)11(19)6-5-17-13(21-2)18-12(6)16;1-12(14-2)7(13)5-4-10-8(15-3)11-6(5)9;1-10-5-2-3-6(8)7(9)4-5/h3-5H,1-2H3,(H2,16,17,18);4H,1-3H3,(H2,9,10,11);2-4H,1H3. The molecule has 1 amide bonds. The van der Waals surface area contributed by atoms with Crippen LogP contribution >= 0.6 is 23.5 Å². The molecule has 2 heterocycles. The Morgan fingerprint density at radius 1 is 0.783 bits per heavy atom. The normalized spacial score (nSPS) is 10.1. The molecule has 4 N–H and O–H groups in total. The van der Waals surface area contributed by atoms with E-state index in [0.717, 1.165) is 23.3 Å². The van der Waals surface area contributed by atoms with Crippen LogP contribution in [0.1, 0.15) is 26.3 Å². The van der Waals surface area contributed by atoms with Crippen LogP contribution in [0.15, 0.2) is 53.0 Å². The molecule has 2 aromatic carbocycles. The van der Waals surface area contributed by atoms with Gasteiger partial charge < -0.3 is 20.9 Å². The summed E-state index contributed by atoms with van der Waals surface area (Å²) in [6.07, 6.45) is 6.15. The van der Waals surface area contributed by atoms with Gasteiger partial charge in [0, 0.05) is 25.5 Å². The first-order chi connectivity index (χ1) is 21.8. The van der Waals surface area contributed by atoms with Crippen LogP contribution < -0.4 is 20.9 Å². The molecule has 0 aliphatic rings. The molecule has 246 valence electrons. The molecule has 46 heavy (non-hydrogen) atoms. The number of amides is 1. The Labute approximate surface area is 269 Å². The van der Waals surface area contributed by atoms with Crippen LogP contribution in [0.25, 0.3) is 0 Å². The second kappa shape index (κ2) is 17.7. The lowest BCUT2D eigenvalue weighted by Crippen LogP contribution is -2.26. The third-order valence-electron chi connectivity index (χ3n) is 5.62. The maximum Gasteiger partial charge on any atom is 0.282 e. The monoisotopic (exact) mass is 683 g/mol. The zero-order chi connectivity index (χ0) is 34.6. The first-order valence-electron chi connectivity index (χ1n) is 12.5. The number of hydroxylamine groups is 2. The molecule has 12 nitrogen and oxygen atoms in total. The van der Waals surface area contributed by atoms with Gasteiger partial charge in [-0.25, -0.2) is 42.6 Å². The van der Waals surface area contributed by atoms with Crippen molar-refractivity contribution in [2.75, 3.05) is 52.4 Å². The summed E-state index contributed by atoms with van der Waals surface area (Å²) in [6, 6.07) is 5.42. The summed E-state index contributed by atoms with van der Waals surface area (Å²) < 4.78 is 61.3. The predicted octanol–water partition coefficient (Wildman–Crippen LogP) is 4.69. The molecule has 0 saturated heterocycles. The van der Waals surface area contributed by atoms with Crippen LogP contribution in [-0.2, 0) is 4.84 Å². The van der Waals surface area contributed by atoms with E-state index in [1.807, 2.05) is 6.26 Å². The highest BCUT2D eigenvalue weighted by Crippen LogP contribution is 2.28. The van der Waals surface area contributed by atoms with E-state index in [4.69, 9.17) is 21.0 Å². The Morgan fingerprint density at radius 3 is 1.78 bits per heavy atom. The highest BCUT2D eigenvalue weighted by molar-refractivity contribution is 7.98. The minimum atomic E-state index is -1.30. The molecule has 4 rings (SSSR count). The average Bonchev–Trinajstić information content (AvgIpc) is 3.06. The van der Waals surface area contributed by atoms with Gasteiger partial charge in [0.05, 0.1) is 26.9 Å². The summed E-state index contributed by atoms with van der Waals surface area (Å²) in [4.78, 5) is 44.5. The molecule has 0 radical (unpaired) electrons. The fourth-order valence-corrected chi connectivity index (χ4v) is 3.89. The summed E-state index contributed by atoms with van der Waals surface area (Å²) in [6.45, 7) is 0. The van der Waals surface area contributed by atoms with Crippen LogP contribution in [0.3, 0.4) is 0 Å². The number of benzene rings is 2. The Kier molecular flexibility index (Phi) is 14.4. The number of methoxy groups -OCH3 is 2. The lowest BCUT2D eigenvalue weighted by Gasteiger charge is -2.14. The molecular weight excluding hydrogens is 654 g/mol. The quantitative estimate of drug-likeness (QED) is 0.0864. The highest BCUT2D eigenvalue weighted by atomic mass is 32.2. The van der Waals surface area contributed by atoms with Gasteiger partial charge >= 0.3 is 0 Å². The number of rotatable bonds is 8. The Hall–Kier alpha value is -4.68. The van der Waals surface area contributed by atoms with Crippen LogP contribution in [0.4, 0.5) is 29.2 Å². The van der Waals surface area contributed by atoms with Gasteiger partial charge in [-0.3, -0.25) is 14.4 Å². The zero-order valence-corrected chi connectivity index (χ0v) is 26.9. The molecule has 0 saturated carbocycles. The maximum atomic E-state index is 13.9. The fourth-order valence-electron chi connectivity index (χ4n) is 3.20. The van der Waals surface area contributed by atoms with Crippen molar-refractivity contribution in [3.05, 3.63) is 82.7 Å². The number of nitrogens with two attached hydrogens (primary N) is 2. The van der Waals surface area contributed by atoms with Crippen molar-refractivity contribution < 1.29 is 41.5 Å². The number of anilines is 2. The van der Waals surface area contributed by atoms with E-state index in [0.29, 0.717) is 16.1 Å². The highest BCUT2D eigenvalue weighted by Gasteiger charge is 2.25. The Morgan fingerprint density at radius 2 is 1.33 bits per heavy atom. The molecule has 0 unspecified atom stereocenters. The number of hydrogen-bond acceptors (Lipinski definition) is 13. The lowest BCUT2D eigenvalue weighted by molar-refractivity contribution is -0.0756. The van der Waals surface area contributed by atoms with Crippen molar-refractivity contribution in [1.82, 2.24) is 25.0 Å². The third-order valence-corrected chi connectivity index (χ3v) is 6.75. The van der Waals surface area contributed by atoms with Crippen LogP contribution in [-0.4, -0.2) is 77.6 Å².